The van der Waals surface area contributed by atoms with Gasteiger partial charge in [-0.25, -0.2) is 14.4 Å². The molecule has 3 N–H and O–H groups in total. The van der Waals surface area contributed by atoms with Gasteiger partial charge in [-0.2, -0.15) is 0 Å². The third-order valence-electron chi connectivity index (χ3n) is 7.07. The third-order valence-corrected chi connectivity index (χ3v) is 7.07. The zero-order valence-electron chi connectivity index (χ0n) is 20.1. The number of rotatable bonds is 5. The van der Waals surface area contributed by atoms with Crippen molar-refractivity contribution in [2.24, 2.45) is 0 Å². The maximum atomic E-state index is 13.0. The molecular formula is C26H29N5O5. The van der Waals surface area contributed by atoms with Gasteiger partial charge in [0.2, 0.25) is 5.91 Å². The Morgan fingerprint density at radius 2 is 1.81 bits per heavy atom. The highest BCUT2D eigenvalue weighted by molar-refractivity contribution is 5.99. The van der Waals surface area contributed by atoms with Crippen molar-refractivity contribution in [3.63, 3.8) is 0 Å². The second kappa shape index (κ2) is 9.88. The van der Waals surface area contributed by atoms with Gasteiger partial charge >= 0.3 is 18.0 Å². The Kier molecular flexibility index (Phi) is 6.49. The lowest BCUT2D eigenvalue weighted by molar-refractivity contribution is -0.142. The van der Waals surface area contributed by atoms with Gasteiger partial charge in [0.15, 0.2) is 0 Å². The monoisotopic (exact) mass is 491 g/mol. The molecule has 3 heterocycles. The van der Waals surface area contributed by atoms with E-state index in [1.54, 1.807) is 4.90 Å². The Balaban J connectivity index is 1.18. The number of anilines is 2. The molecule has 1 atom stereocenters. The summed E-state index contributed by atoms with van der Waals surface area (Å²) < 4.78 is 4.93. The average Bonchev–Trinajstić information content (AvgIpc) is 3.26. The summed E-state index contributed by atoms with van der Waals surface area (Å²) in [4.78, 5) is 53.2. The Bertz CT molecular complexity index is 1210. The lowest BCUT2D eigenvalue weighted by atomic mass is 10.0. The van der Waals surface area contributed by atoms with Gasteiger partial charge in [0.25, 0.3) is 0 Å². The van der Waals surface area contributed by atoms with Gasteiger partial charge in [0.1, 0.15) is 6.04 Å². The topological polar surface area (TPSA) is 120 Å². The normalized spacial score (nSPS) is 18.0. The molecule has 0 aromatic heterocycles. The van der Waals surface area contributed by atoms with E-state index in [1.165, 1.54) is 7.11 Å². The molecule has 2 aromatic rings. The lowest BCUT2D eigenvalue weighted by Crippen LogP contribution is -2.54. The number of nitrogens with one attached hydrogen (secondary N) is 3. The van der Waals surface area contributed by atoms with Gasteiger partial charge in [-0.1, -0.05) is 30.3 Å². The summed E-state index contributed by atoms with van der Waals surface area (Å²) in [5.41, 5.74) is 4.40. The van der Waals surface area contributed by atoms with Crippen molar-refractivity contribution >= 4 is 35.3 Å². The van der Waals surface area contributed by atoms with Gasteiger partial charge in [0.05, 0.1) is 13.5 Å². The summed E-state index contributed by atoms with van der Waals surface area (Å²) in [6, 6.07) is 12.0. The molecule has 3 aliphatic heterocycles. The second-order valence-corrected chi connectivity index (χ2v) is 9.38. The highest BCUT2D eigenvalue weighted by Gasteiger charge is 2.33. The maximum absolute atomic E-state index is 13.0. The molecule has 2 aromatic carbocycles. The van der Waals surface area contributed by atoms with Crippen LogP contribution in [-0.4, -0.2) is 66.0 Å². The number of hydrogen-bond donors (Lipinski definition) is 3. The summed E-state index contributed by atoms with van der Waals surface area (Å²) >= 11 is 0. The van der Waals surface area contributed by atoms with E-state index < -0.39 is 12.0 Å². The molecular weight excluding hydrogens is 462 g/mol. The Morgan fingerprint density at radius 1 is 1.06 bits per heavy atom. The smallest absolute Gasteiger partial charge is 0.328 e. The number of esters is 1. The molecule has 10 nitrogen and oxygen atoms in total. The predicted octanol–water partition coefficient (Wildman–Crippen LogP) is 2.49. The molecule has 36 heavy (non-hydrogen) atoms. The van der Waals surface area contributed by atoms with E-state index in [0.717, 1.165) is 28.1 Å². The van der Waals surface area contributed by atoms with Crippen LogP contribution in [0.1, 0.15) is 29.5 Å². The lowest BCUT2D eigenvalue weighted by Gasteiger charge is -2.40. The van der Waals surface area contributed by atoms with E-state index in [0.29, 0.717) is 38.9 Å². The molecule has 0 aliphatic carbocycles. The number of carbonyl (C=O) groups is 4. The van der Waals surface area contributed by atoms with Crippen LogP contribution in [0, 0.1) is 0 Å². The largest absolute Gasteiger partial charge is 0.467 e. The molecule has 0 bridgehead atoms. The van der Waals surface area contributed by atoms with E-state index in [1.807, 2.05) is 47.4 Å². The van der Waals surface area contributed by atoms with Gasteiger partial charge in [-0.05, 0) is 41.7 Å². The molecule has 0 spiro atoms. The van der Waals surface area contributed by atoms with E-state index in [4.69, 9.17) is 4.74 Å². The molecule has 0 radical (unpaired) electrons. The van der Waals surface area contributed by atoms with E-state index in [-0.39, 0.29) is 30.4 Å². The van der Waals surface area contributed by atoms with Crippen molar-refractivity contribution in [3.8, 4) is 0 Å². The first kappa shape index (κ1) is 23.7. The molecule has 3 aliphatic rings. The van der Waals surface area contributed by atoms with Crippen molar-refractivity contribution in [2.45, 2.75) is 44.3 Å². The fraction of sp³-hybridized carbons (Fsp3) is 0.385. The maximum Gasteiger partial charge on any atom is 0.328 e. The number of nitrogens with zero attached hydrogens (tertiary/aromatic N) is 2. The standard InChI is InChI=1S/C26H29N5O5/c1-36-24(33)22(13-16-6-7-21-18(12-16)14-23(32)27-21)29-25(34)30-10-8-19(9-11-30)31-15-17-4-2-3-5-20(17)28-26(31)35/h2-7,12,19,22H,8-11,13-15H2,1H3,(H,27,32)(H,28,35)(H,29,34). The van der Waals surface area contributed by atoms with Crippen molar-refractivity contribution in [1.29, 1.82) is 0 Å². The van der Waals surface area contributed by atoms with Crippen molar-refractivity contribution in [3.05, 3.63) is 59.2 Å². The van der Waals surface area contributed by atoms with Crippen molar-refractivity contribution in [1.82, 2.24) is 15.1 Å². The van der Waals surface area contributed by atoms with Gasteiger partial charge in [0, 0.05) is 43.5 Å². The number of ether oxygens (including phenoxy) is 1. The van der Waals surface area contributed by atoms with Crippen molar-refractivity contribution < 1.29 is 23.9 Å². The van der Waals surface area contributed by atoms with Gasteiger partial charge in [-0.3, -0.25) is 4.79 Å². The molecule has 1 fully saturated rings. The summed E-state index contributed by atoms with van der Waals surface area (Å²) in [7, 11) is 1.29. The molecule has 5 rings (SSSR count). The van der Waals surface area contributed by atoms with Crippen LogP contribution >= 0.6 is 0 Å². The number of amides is 5. The molecule has 0 saturated carbocycles. The second-order valence-electron chi connectivity index (χ2n) is 9.38. The predicted molar refractivity (Wildman–Crippen MR) is 132 cm³/mol. The first-order chi connectivity index (χ1) is 17.4. The summed E-state index contributed by atoms with van der Waals surface area (Å²) in [5.74, 6) is -0.591. The minimum atomic E-state index is -0.854. The molecule has 188 valence electrons. The number of para-hydroxylation sites is 1. The summed E-state index contributed by atoms with van der Waals surface area (Å²) in [6.45, 7) is 1.50. The van der Waals surface area contributed by atoms with Crippen LogP contribution in [0.15, 0.2) is 42.5 Å². The minimum Gasteiger partial charge on any atom is -0.467 e. The third kappa shape index (κ3) is 4.84. The van der Waals surface area contributed by atoms with E-state index in [2.05, 4.69) is 16.0 Å². The molecule has 1 saturated heterocycles. The quantitative estimate of drug-likeness (QED) is 0.555. The first-order valence-corrected chi connectivity index (χ1v) is 12.1. The number of likely N-dealkylation sites (tertiary alicyclic amines) is 1. The number of benzene rings is 2. The Hall–Kier alpha value is -4.08. The average molecular weight is 492 g/mol. The number of carbonyl (C=O) groups excluding carboxylic acids is 4. The van der Waals surface area contributed by atoms with E-state index in [9.17, 15) is 19.2 Å². The number of urea groups is 2. The summed E-state index contributed by atoms with van der Waals surface area (Å²) in [6.07, 6.45) is 1.85. The van der Waals surface area contributed by atoms with Crippen molar-refractivity contribution in [2.75, 3.05) is 30.8 Å². The highest BCUT2D eigenvalue weighted by Crippen LogP contribution is 2.28. The van der Waals surface area contributed by atoms with Crippen LogP contribution in [0.3, 0.4) is 0 Å². The van der Waals surface area contributed by atoms with Gasteiger partial charge in [-0.15, -0.1) is 0 Å². The van der Waals surface area contributed by atoms with Crippen LogP contribution in [0.5, 0.6) is 0 Å². The first-order valence-electron chi connectivity index (χ1n) is 12.1. The fourth-order valence-corrected chi connectivity index (χ4v) is 5.12. The fourth-order valence-electron chi connectivity index (χ4n) is 5.12. The van der Waals surface area contributed by atoms with Crippen LogP contribution in [0.2, 0.25) is 0 Å². The zero-order chi connectivity index (χ0) is 25.2. The van der Waals surface area contributed by atoms with Crippen LogP contribution < -0.4 is 16.0 Å². The SMILES string of the molecule is COC(=O)C(Cc1ccc2c(c1)CC(=O)N2)NC(=O)N1CCC(N2Cc3ccccc3NC2=O)CC1. The number of fused-ring (bicyclic) bond motifs is 2. The molecule has 10 heteroatoms. The van der Waals surface area contributed by atoms with E-state index >= 15 is 0 Å². The van der Waals surface area contributed by atoms with Crippen LogP contribution in [0.25, 0.3) is 0 Å². The minimum absolute atomic E-state index is 0.0292. The zero-order valence-corrected chi connectivity index (χ0v) is 20.1. The molecule has 5 amide bonds. The number of methoxy groups -OCH3 is 1. The Morgan fingerprint density at radius 3 is 2.58 bits per heavy atom. The van der Waals surface area contributed by atoms with Gasteiger partial charge < -0.3 is 30.5 Å². The molecule has 1 unspecified atom stereocenters. The van der Waals surface area contributed by atoms with Crippen LogP contribution in [0.4, 0.5) is 21.0 Å². The number of piperidine rings is 1. The number of hydrogen-bond acceptors (Lipinski definition) is 5. The van der Waals surface area contributed by atoms with Crippen LogP contribution in [-0.2, 0) is 33.7 Å². The Labute approximate surface area is 209 Å². The summed E-state index contributed by atoms with van der Waals surface area (Å²) in [5, 5.41) is 8.55. The highest BCUT2D eigenvalue weighted by atomic mass is 16.5.